The molecule has 0 amide bonds. The molecule has 5 heteroatoms. The molecule has 0 aliphatic rings. The summed E-state index contributed by atoms with van der Waals surface area (Å²) < 4.78 is 39.0. The standard InChI is InChI=1S/C16H16F3NS/c1-11(20-12-7-9-13(21-2)10-8-12)14-5-3-4-6-15(14)16(17,18)19/h3-11,20H,1-2H3. The highest BCUT2D eigenvalue weighted by molar-refractivity contribution is 7.98. The summed E-state index contributed by atoms with van der Waals surface area (Å²) in [5, 5.41) is 3.11. The van der Waals surface area contributed by atoms with Gasteiger partial charge in [0.05, 0.1) is 5.56 Å². The van der Waals surface area contributed by atoms with E-state index in [-0.39, 0.29) is 5.56 Å². The van der Waals surface area contributed by atoms with Crippen molar-refractivity contribution < 1.29 is 13.2 Å². The van der Waals surface area contributed by atoms with Crippen LogP contribution in [0.1, 0.15) is 24.1 Å². The van der Waals surface area contributed by atoms with E-state index in [2.05, 4.69) is 5.32 Å². The first-order chi connectivity index (χ1) is 9.91. The molecule has 2 rings (SSSR count). The van der Waals surface area contributed by atoms with Crippen LogP contribution < -0.4 is 5.32 Å². The smallest absolute Gasteiger partial charge is 0.379 e. The Morgan fingerprint density at radius 2 is 1.62 bits per heavy atom. The predicted molar refractivity (Wildman–Crippen MR) is 81.7 cm³/mol. The Labute approximate surface area is 126 Å². The SMILES string of the molecule is CSc1ccc(NC(C)c2ccccc2C(F)(F)F)cc1. The van der Waals surface area contributed by atoms with Gasteiger partial charge in [0.15, 0.2) is 0 Å². The van der Waals surface area contributed by atoms with E-state index in [1.165, 1.54) is 12.1 Å². The van der Waals surface area contributed by atoms with Crippen LogP contribution in [0.3, 0.4) is 0 Å². The van der Waals surface area contributed by atoms with E-state index in [4.69, 9.17) is 0 Å². The Morgan fingerprint density at radius 1 is 1.00 bits per heavy atom. The van der Waals surface area contributed by atoms with Crippen LogP contribution in [0.5, 0.6) is 0 Å². The predicted octanol–water partition coefficient (Wildman–Crippen LogP) is 5.60. The number of nitrogens with one attached hydrogen (secondary N) is 1. The fourth-order valence-corrected chi connectivity index (χ4v) is 2.56. The summed E-state index contributed by atoms with van der Waals surface area (Å²) in [6.07, 6.45) is -2.36. The molecule has 112 valence electrons. The van der Waals surface area contributed by atoms with Gasteiger partial charge in [0.25, 0.3) is 0 Å². The van der Waals surface area contributed by atoms with Crippen molar-refractivity contribution in [2.24, 2.45) is 0 Å². The van der Waals surface area contributed by atoms with Crippen molar-refractivity contribution >= 4 is 17.4 Å². The summed E-state index contributed by atoms with van der Waals surface area (Å²) in [5.41, 5.74) is 0.460. The van der Waals surface area contributed by atoms with Gasteiger partial charge in [0, 0.05) is 16.6 Å². The quantitative estimate of drug-likeness (QED) is 0.738. The van der Waals surface area contributed by atoms with Crippen LogP contribution >= 0.6 is 11.8 Å². The minimum Gasteiger partial charge on any atom is -0.379 e. The van der Waals surface area contributed by atoms with Crippen LogP contribution in [0.2, 0.25) is 0 Å². The maximum absolute atomic E-state index is 13.0. The molecule has 0 aliphatic carbocycles. The van der Waals surface area contributed by atoms with Crippen molar-refractivity contribution in [3.8, 4) is 0 Å². The number of rotatable bonds is 4. The molecule has 0 saturated carbocycles. The molecule has 0 aromatic heterocycles. The minimum absolute atomic E-state index is 0.249. The van der Waals surface area contributed by atoms with Crippen molar-refractivity contribution in [2.75, 3.05) is 11.6 Å². The van der Waals surface area contributed by atoms with Crippen LogP contribution in [0, 0.1) is 0 Å². The molecule has 1 atom stereocenters. The first kappa shape index (κ1) is 15.8. The Bertz CT molecular complexity index is 593. The lowest BCUT2D eigenvalue weighted by Crippen LogP contribution is -2.15. The molecule has 2 aromatic carbocycles. The van der Waals surface area contributed by atoms with Gasteiger partial charge in [0.1, 0.15) is 0 Å². The van der Waals surface area contributed by atoms with Crippen LogP contribution in [0.15, 0.2) is 53.4 Å². The van der Waals surface area contributed by atoms with E-state index >= 15 is 0 Å². The van der Waals surface area contributed by atoms with Gasteiger partial charge in [-0.25, -0.2) is 0 Å². The first-order valence-corrected chi connectivity index (χ1v) is 7.71. The monoisotopic (exact) mass is 311 g/mol. The van der Waals surface area contributed by atoms with E-state index in [9.17, 15) is 13.2 Å². The summed E-state index contributed by atoms with van der Waals surface area (Å²) >= 11 is 1.62. The molecule has 0 radical (unpaired) electrons. The van der Waals surface area contributed by atoms with Gasteiger partial charge in [-0.05, 0) is 49.1 Å². The Kier molecular flexibility index (Phi) is 4.83. The van der Waals surface area contributed by atoms with Gasteiger partial charge in [-0.3, -0.25) is 0 Å². The Hall–Kier alpha value is -1.62. The number of hydrogen-bond donors (Lipinski definition) is 1. The maximum atomic E-state index is 13.0. The second-order valence-electron chi connectivity index (χ2n) is 4.68. The highest BCUT2D eigenvalue weighted by Gasteiger charge is 2.34. The normalized spacial score (nSPS) is 13.0. The minimum atomic E-state index is -4.34. The number of hydrogen-bond acceptors (Lipinski definition) is 2. The lowest BCUT2D eigenvalue weighted by molar-refractivity contribution is -0.138. The van der Waals surface area contributed by atoms with Crippen LogP contribution in [-0.4, -0.2) is 6.26 Å². The largest absolute Gasteiger partial charge is 0.416 e. The van der Waals surface area contributed by atoms with Crippen molar-refractivity contribution in [1.82, 2.24) is 0 Å². The average molecular weight is 311 g/mol. The molecule has 2 aromatic rings. The lowest BCUT2D eigenvalue weighted by Gasteiger charge is -2.20. The van der Waals surface area contributed by atoms with Crippen molar-refractivity contribution in [3.63, 3.8) is 0 Å². The number of anilines is 1. The summed E-state index contributed by atoms with van der Waals surface area (Å²) in [6.45, 7) is 1.73. The summed E-state index contributed by atoms with van der Waals surface area (Å²) in [7, 11) is 0. The second-order valence-corrected chi connectivity index (χ2v) is 5.56. The third-order valence-corrected chi connectivity index (χ3v) is 3.95. The summed E-state index contributed by atoms with van der Waals surface area (Å²) in [4.78, 5) is 1.11. The number of thioether (sulfide) groups is 1. The fraction of sp³-hybridized carbons (Fsp3) is 0.250. The van der Waals surface area contributed by atoms with Gasteiger partial charge in [-0.1, -0.05) is 18.2 Å². The first-order valence-electron chi connectivity index (χ1n) is 6.48. The average Bonchev–Trinajstić information content (AvgIpc) is 2.47. The van der Waals surface area contributed by atoms with Gasteiger partial charge < -0.3 is 5.32 Å². The maximum Gasteiger partial charge on any atom is 0.416 e. The third-order valence-electron chi connectivity index (χ3n) is 3.21. The van der Waals surface area contributed by atoms with Gasteiger partial charge >= 0.3 is 6.18 Å². The highest BCUT2D eigenvalue weighted by atomic mass is 32.2. The molecule has 0 fully saturated rings. The molecule has 21 heavy (non-hydrogen) atoms. The molecule has 0 bridgehead atoms. The van der Waals surface area contributed by atoms with E-state index in [1.54, 1.807) is 24.8 Å². The van der Waals surface area contributed by atoms with E-state index in [0.717, 1.165) is 16.6 Å². The Balaban J connectivity index is 2.22. The van der Waals surface area contributed by atoms with E-state index in [0.29, 0.717) is 0 Å². The van der Waals surface area contributed by atoms with Crippen molar-refractivity contribution in [3.05, 3.63) is 59.7 Å². The van der Waals surface area contributed by atoms with Gasteiger partial charge in [0.2, 0.25) is 0 Å². The molecule has 0 spiro atoms. The molecule has 1 N–H and O–H groups in total. The molecule has 1 nitrogen and oxygen atoms in total. The zero-order chi connectivity index (χ0) is 15.5. The molecule has 0 heterocycles. The molecule has 1 unspecified atom stereocenters. The van der Waals surface area contributed by atoms with Crippen molar-refractivity contribution in [1.29, 1.82) is 0 Å². The van der Waals surface area contributed by atoms with Crippen LogP contribution in [0.25, 0.3) is 0 Å². The lowest BCUT2D eigenvalue weighted by atomic mass is 10.0. The Morgan fingerprint density at radius 3 is 2.19 bits per heavy atom. The van der Waals surface area contributed by atoms with E-state index in [1.807, 2.05) is 30.5 Å². The third kappa shape index (κ3) is 3.94. The molecular weight excluding hydrogens is 295 g/mol. The zero-order valence-corrected chi connectivity index (χ0v) is 12.6. The van der Waals surface area contributed by atoms with Crippen molar-refractivity contribution in [2.45, 2.75) is 24.0 Å². The summed E-state index contributed by atoms with van der Waals surface area (Å²) in [5.74, 6) is 0. The number of benzene rings is 2. The molecule has 0 saturated heterocycles. The number of halogens is 3. The van der Waals surface area contributed by atoms with Gasteiger partial charge in [-0.2, -0.15) is 13.2 Å². The molecular formula is C16H16F3NS. The summed E-state index contributed by atoms with van der Waals surface area (Å²) in [6, 6.07) is 12.9. The highest BCUT2D eigenvalue weighted by Crippen LogP contribution is 2.35. The topological polar surface area (TPSA) is 12.0 Å². The fourth-order valence-electron chi connectivity index (χ4n) is 2.15. The van der Waals surface area contributed by atoms with Gasteiger partial charge in [-0.15, -0.1) is 11.8 Å². The van der Waals surface area contributed by atoms with Crippen LogP contribution in [0.4, 0.5) is 18.9 Å². The van der Waals surface area contributed by atoms with E-state index < -0.39 is 17.8 Å². The van der Waals surface area contributed by atoms with Crippen LogP contribution in [-0.2, 0) is 6.18 Å². The second kappa shape index (κ2) is 6.43. The molecule has 0 aliphatic heterocycles. The number of alkyl halides is 3. The zero-order valence-electron chi connectivity index (χ0n) is 11.7.